The Morgan fingerprint density at radius 1 is 1.11 bits per heavy atom. The van der Waals surface area contributed by atoms with Crippen LogP contribution in [0.2, 0.25) is 0 Å². The Kier molecular flexibility index (Phi) is 5.27. The summed E-state index contributed by atoms with van der Waals surface area (Å²) in [5.74, 6) is -1.08. The maximum atomic E-state index is 12.9. The third-order valence-corrected chi connectivity index (χ3v) is 4.47. The van der Waals surface area contributed by atoms with Crippen molar-refractivity contribution in [3.8, 4) is 5.75 Å². The number of alkyl halides is 3. The fraction of sp³-hybridized carbons (Fsp3) is 0.211. The molecule has 1 atom stereocenters. The highest BCUT2D eigenvalue weighted by Gasteiger charge is 2.47. The highest BCUT2D eigenvalue weighted by molar-refractivity contribution is 7.82. The molecule has 27 heavy (non-hydrogen) atoms. The van der Waals surface area contributed by atoms with Crippen LogP contribution in [0.1, 0.15) is 11.5 Å². The molecular formula is C19H15F3N2O2S. The molecule has 0 bridgehead atoms. The smallest absolute Gasteiger partial charge is 0.406 e. The Balaban J connectivity index is 2.05. The fourth-order valence-electron chi connectivity index (χ4n) is 2.82. The SMILES string of the molecule is COc1ccc(N=C2C(=S)N(CC(F)(F)F)C(=O)C2c2ccccc2)cc1. The molecule has 1 amide bonds. The molecule has 0 aliphatic carbocycles. The number of nitrogens with zero attached hydrogens (tertiary/aromatic N) is 2. The highest BCUT2D eigenvalue weighted by atomic mass is 32.1. The van der Waals surface area contributed by atoms with Crippen molar-refractivity contribution in [3.63, 3.8) is 0 Å². The average Bonchev–Trinajstić information content (AvgIpc) is 2.86. The van der Waals surface area contributed by atoms with E-state index in [9.17, 15) is 18.0 Å². The van der Waals surface area contributed by atoms with E-state index in [1.165, 1.54) is 7.11 Å². The van der Waals surface area contributed by atoms with Crippen molar-refractivity contribution in [1.29, 1.82) is 0 Å². The molecule has 0 spiro atoms. The molecule has 0 aromatic heterocycles. The van der Waals surface area contributed by atoms with Gasteiger partial charge in [0.1, 0.15) is 23.2 Å². The van der Waals surface area contributed by atoms with Gasteiger partial charge in [0.05, 0.1) is 18.5 Å². The normalized spacial score (nSPS) is 19.0. The van der Waals surface area contributed by atoms with Gasteiger partial charge in [-0.05, 0) is 29.8 Å². The molecule has 0 N–H and O–H groups in total. The van der Waals surface area contributed by atoms with E-state index in [0.717, 1.165) is 0 Å². The molecule has 4 nitrogen and oxygen atoms in total. The molecule has 2 aromatic rings. The van der Waals surface area contributed by atoms with E-state index in [0.29, 0.717) is 21.9 Å². The molecule has 3 rings (SSSR count). The Hall–Kier alpha value is -2.74. The second-order valence-corrected chi connectivity index (χ2v) is 6.27. The molecule has 1 fully saturated rings. The van der Waals surface area contributed by atoms with Crippen molar-refractivity contribution in [3.05, 3.63) is 60.2 Å². The van der Waals surface area contributed by atoms with Crippen LogP contribution in [-0.4, -0.2) is 41.3 Å². The maximum Gasteiger partial charge on any atom is 0.406 e. The molecule has 0 radical (unpaired) electrons. The third-order valence-electron chi connectivity index (χ3n) is 4.04. The summed E-state index contributed by atoms with van der Waals surface area (Å²) in [6, 6.07) is 15.2. The summed E-state index contributed by atoms with van der Waals surface area (Å²) in [4.78, 5) is 17.5. The second kappa shape index (κ2) is 7.48. The van der Waals surface area contributed by atoms with Gasteiger partial charge in [0.25, 0.3) is 0 Å². The zero-order chi connectivity index (χ0) is 19.6. The van der Waals surface area contributed by atoms with Crippen LogP contribution in [0.25, 0.3) is 0 Å². The third kappa shape index (κ3) is 4.16. The van der Waals surface area contributed by atoms with Crippen LogP contribution in [0, 0.1) is 0 Å². The van der Waals surface area contributed by atoms with Crippen molar-refractivity contribution in [1.82, 2.24) is 4.90 Å². The monoisotopic (exact) mass is 392 g/mol. The number of benzene rings is 2. The van der Waals surface area contributed by atoms with Crippen LogP contribution in [0.4, 0.5) is 18.9 Å². The number of amides is 1. The second-order valence-electron chi connectivity index (χ2n) is 5.88. The molecular weight excluding hydrogens is 377 g/mol. The van der Waals surface area contributed by atoms with Gasteiger partial charge >= 0.3 is 6.18 Å². The van der Waals surface area contributed by atoms with Crippen molar-refractivity contribution < 1.29 is 22.7 Å². The van der Waals surface area contributed by atoms with Gasteiger partial charge in [0, 0.05) is 0 Å². The minimum atomic E-state index is -4.56. The van der Waals surface area contributed by atoms with Crippen molar-refractivity contribution in [2.24, 2.45) is 4.99 Å². The van der Waals surface area contributed by atoms with Crippen LogP contribution in [0.15, 0.2) is 59.6 Å². The largest absolute Gasteiger partial charge is 0.497 e. The zero-order valence-electron chi connectivity index (χ0n) is 14.2. The van der Waals surface area contributed by atoms with E-state index in [1.807, 2.05) is 0 Å². The average molecular weight is 392 g/mol. The standard InChI is InChI=1S/C19H15F3N2O2S/c1-26-14-9-7-13(8-10-14)23-16-15(12-5-3-2-4-6-12)17(25)24(18(16)27)11-19(20,21)22/h2-10,15H,11H2,1H3. The van der Waals surface area contributed by atoms with Gasteiger partial charge in [-0.25, -0.2) is 4.99 Å². The van der Waals surface area contributed by atoms with Crippen LogP contribution in [0.3, 0.4) is 0 Å². The summed E-state index contributed by atoms with van der Waals surface area (Å²) in [5, 5.41) is 0. The summed E-state index contributed by atoms with van der Waals surface area (Å²) in [5.41, 5.74) is 1.15. The predicted octanol–water partition coefficient (Wildman–Crippen LogP) is 4.28. The van der Waals surface area contributed by atoms with Crippen molar-refractivity contribution in [2.75, 3.05) is 13.7 Å². The van der Waals surface area contributed by atoms with E-state index in [2.05, 4.69) is 4.99 Å². The Labute approximate surface area is 159 Å². The number of methoxy groups -OCH3 is 1. The molecule has 1 aliphatic heterocycles. The maximum absolute atomic E-state index is 12.9. The summed E-state index contributed by atoms with van der Waals surface area (Å²) in [6.45, 7) is -1.43. The lowest BCUT2D eigenvalue weighted by atomic mass is 9.96. The number of carbonyl (C=O) groups excluding carboxylic acids is 1. The van der Waals surface area contributed by atoms with Crippen LogP contribution in [-0.2, 0) is 4.79 Å². The number of rotatable bonds is 4. The van der Waals surface area contributed by atoms with E-state index in [-0.39, 0.29) is 10.7 Å². The topological polar surface area (TPSA) is 41.9 Å². The molecule has 2 aromatic carbocycles. The van der Waals surface area contributed by atoms with Gasteiger partial charge in [0.15, 0.2) is 0 Å². The van der Waals surface area contributed by atoms with E-state index >= 15 is 0 Å². The first kappa shape index (κ1) is 19.0. The lowest BCUT2D eigenvalue weighted by molar-refractivity contribution is -0.151. The van der Waals surface area contributed by atoms with Crippen LogP contribution in [0.5, 0.6) is 5.75 Å². The lowest BCUT2D eigenvalue weighted by Gasteiger charge is -2.17. The highest BCUT2D eigenvalue weighted by Crippen LogP contribution is 2.33. The van der Waals surface area contributed by atoms with Gasteiger partial charge in [-0.3, -0.25) is 9.69 Å². The lowest BCUT2D eigenvalue weighted by Crippen LogP contribution is -2.38. The van der Waals surface area contributed by atoms with Gasteiger partial charge in [0.2, 0.25) is 5.91 Å². The number of thiocarbonyl (C=S) groups is 1. The summed E-state index contributed by atoms with van der Waals surface area (Å²) >= 11 is 5.18. The fourth-order valence-corrected chi connectivity index (χ4v) is 3.14. The van der Waals surface area contributed by atoms with Gasteiger partial charge in [-0.15, -0.1) is 0 Å². The first-order valence-corrected chi connectivity index (χ1v) is 8.41. The number of hydrogen-bond acceptors (Lipinski definition) is 4. The molecule has 1 unspecified atom stereocenters. The quantitative estimate of drug-likeness (QED) is 0.730. The number of halogens is 3. The molecule has 1 saturated heterocycles. The van der Waals surface area contributed by atoms with E-state index in [1.54, 1.807) is 54.6 Å². The summed E-state index contributed by atoms with van der Waals surface area (Å²) in [7, 11) is 1.52. The molecule has 1 aliphatic rings. The minimum Gasteiger partial charge on any atom is -0.497 e. The summed E-state index contributed by atoms with van der Waals surface area (Å²) in [6.07, 6.45) is -4.56. The first-order valence-electron chi connectivity index (χ1n) is 8.00. The summed E-state index contributed by atoms with van der Waals surface area (Å²) < 4.78 is 43.8. The zero-order valence-corrected chi connectivity index (χ0v) is 15.1. The van der Waals surface area contributed by atoms with E-state index < -0.39 is 24.5 Å². The number of carbonyl (C=O) groups is 1. The molecule has 1 heterocycles. The number of ether oxygens (including phenoxy) is 1. The molecule has 8 heteroatoms. The van der Waals surface area contributed by atoms with Gasteiger partial charge in [-0.2, -0.15) is 13.2 Å². The number of hydrogen-bond donors (Lipinski definition) is 0. The number of aliphatic imine (C=N–C) groups is 1. The minimum absolute atomic E-state index is 0.135. The first-order chi connectivity index (χ1) is 12.8. The Bertz CT molecular complexity index is 880. The Morgan fingerprint density at radius 3 is 2.30 bits per heavy atom. The van der Waals surface area contributed by atoms with Gasteiger partial charge < -0.3 is 4.74 Å². The van der Waals surface area contributed by atoms with Crippen molar-refractivity contribution >= 4 is 34.5 Å². The molecule has 0 saturated carbocycles. The number of likely N-dealkylation sites (tertiary alicyclic amines) is 1. The van der Waals surface area contributed by atoms with E-state index in [4.69, 9.17) is 17.0 Å². The predicted molar refractivity (Wildman–Crippen MR) is 99.6 cm³/mol. The Morgan fingerprint density at radius 2 is 1.74 bits per heavy atom. The van der Waals surface area contributed by atoms with Crippen LogP contribution >= 0.6 is 12.2 Å². The van der Waals surface area contributed by atoms with Gasteiger partial charge in [-0.1, -0.05) is 42.5 Å². The van der Waals surface area contributed by atoms with Crippen LogP contribution < -0.4 is 4.74 Å². The molecule has 140 valence electrons. The van der Waals surface area contributed by atoms with Crippen molar-refractivity contribution in [2.45, 2.75) is 12.1 Å².